The van der Waals surface area contributed by atoms with Crippen molar-refractivity contribution in [1.29, 1.82) is 0 Å². The second-order valence-electron chi connectivity index (χ2n) is 8.40. The minimum Gasteiger partial charge on any atom is -0.480 e. The van der Waals surface area contributed by atoms with Gasteiger partial charge < -0.3 is 20.1 Å². The average Bonchev–Trinajstić information content (AvgIpc) is 3.12. The molecule has 0 aromatic heterocycles. The highest BCUT2D eigenvalue weighted by molar-refractivity contribution is 7.90. The molecule has 0 saturated heterocycles. The van der Waals surface area contributed by atoms with Gasteiger partial charge in [0.15, 0.2) is 0 Å². The number of alkyl carbamates (subject to hydrolysis) is 1. The SMILES string of the molecule is CC(C(=O)O)N(C)C(=O)C(CCS(C)(=O)=O)NC(=O)OCC1c2ccccc2-c2ccccc21. The van der Waals surface area contributed by atoms with E-state index in [1.54, 1.807) is 0 Å². The number of hydrogen-bond acceptors (Lipinski definition) is 6. The fourth-order valence-corrected chi connectivity index (χ4v) is 4.64. The molecule has 2 aromatic rings. The van der Waals surface area contributed by atoms with Crippen molar-refractivity contribution < 1.29 is 32.6 Å². The van der Waals surface area contributed by atoms with Gasteiger partial charge in [-0.05, 0) is 35.6 Å². The van der Waals surface area contributed by atoms with Gasteiger partial charge in [-0.15, -0.1) is 0 Å². The summed E-state index contributed by atoms with van der Waals surface area (Å²) in [6, 6.07) is 13.3. The highest BCUT2D eigenvalue weighted by Gasteiger charge is 2.32. The molecular weight excluding hydrogens is 460 g/mol. The fourth-order valence-electron chi connectivity index (χ4n) is 3.97. The van der Waals surface area contributed by atoms with E-state index in [1.165, 1.54) is 14.0 Å². The number of hydrogen-bond donors (Lipinski definition) is 2. The number of likely N-dealkylation sites (N-methyl/N-ethyl adjacent to an activating group) is 1. The Bertz CT molecular complexity index is 1150. The Morgan fingerprint density at radius 3 is 2.09 bits per heavy atom. The highest BCUT2D eigenvalue weighted by Crippen LogP contribution is 2.44. The van der Waals surface area contributed by atoms with Crippen molar-refractivity contribution in [2.75, 3.05) is 25.7 Å². The van der Waals surface area contributed by atoms with Gasteiger partial charge in [0.25, 0.3) is 0 Å². The number of carbonyl (C=O) groups is 3. The molecule has 2 aromatic carbocycles. The van der Waals surface area contributed by atoms with Crippen LogP contribution in [0.1, 0.15) is 30.4 Å². The van der Waals surface area contributed by atoms with E-state index in [0.29, 0.717) is 0 Å². The minimum absolute atomic E-state index is 0.0220. The van der Waals surface area contributed by atoms with Crippen molar-refractivity contribution in [2.24, 2.45) is 0 Å². The van der Waals surface area contributed by atoms with Gasteiger partial charge in [-0.2, -0.15) is 0 Å². The Kier molecular flexibility index (Phi) is 7.61. The van der Waals surface area contributed by atoms with Gasteiger partial charge in [-0.3, -0.25) is 4.79 Å². The number of nitrogens with one attached hydrogen (secondary N) is 1. The van der Waals surface area contributed by atoms with E-state index in [2.05, 4.69) is 5.32 Å². The van der Waals surface area contributed by atoms with E-state index in [-0.39, 0.29) is 24.7 Å². The molecule has 2 unspecified atom stereocenters. The Morgan fingerprint density at radius 1 is 1.06 bits per heavy atom. The molecule has 2 N–H and O–H groups in total. The third-order valence-electron chi connectivity index (χ3n) is 6.00. The molecule has 0 aliphatic heterocycles. The molecule has 0 radical (unpaired) electrons. The first-order valence-corrected chi connectivity index (χ1v) is 12.8. The fraction of sp³-hybridized carbons (Fsp3) is 0.375. The highest BCUT2D eigenvalue weighted by atomic mass is 32.2. The summed E-state index contributed by atoms with van der Waals surface area (Å²) in [7, 11) is -2.14. The summed E-state index contributed by atoms with van der Waals surface area (Å²) in [6.07, 6.45) is -0.0747. The van der Waals surface area contributed by atoms with Crippen LogP contribution in [0.2, 0.25) is 0 Å². The number of nitrogens with zero attached hydrogens (tertiary/aromatic N) is 1. The molecule has 1 aliphatic rings. The van der Waals surface area contributed by atoms with Crippen molar-refractivity contribution >= 4 is 27.8 Å². The van der Waals surface area contributed by atoms with Crippen LogP contribution >= 0.6 is 0 Å². The van der Waals surface area contributed by atoms with E-state index in [0.717, 1.165) is 33.4 Å². The summed E-state index contributed by atoms with van der Waals surface area (Å²) in [5, 5.41) is 11.6. The van der Waals surface area contributed by atoms with Crippen LogP contribution in [-0.4, -0.2) is 74.1 Å². The lowest BCUT2D eigenvalue weighted by Gasteiger charge is -2.27. The molecule has 10 heteroatoms. The van der Waals surface area contributed by atoms with Crippen LogP contribution in [0.3, 0.4) is 0 Å². The average molecular weight is 489 g/mol. The van der Waals surface area contributed by atoms with E-state index in [9.17, 15) is 27.9 Å². The lowest BCUT2D eigenvalue weighted by molar-refractivity contribution is -0.149. The van der Waals surface area contributed by atoms with E-state index < -0.39 is 39.9 Å². The molecule has 2 amide bonds. The zero-order valence-corrected chi connectivity index (χ0v) is 20.0. The number of benzene rings is 2. The van der Waals surface area contributed by atoms with Crippen LogP contribution in [0, 0.1) is 0 Å². The Hall–Kier alpha value is -3.40. The first-order chi connectivity index (χ1) is 16.0. The number of aliphatic carboxylic acids is 1. The normalized spacial score (nSPS) is 14.4. The molecule has 0 spiro atoms. The Morgan fingerprint density at radius 2 is 1.59 bits per heavy atom. The van der Waals surface area contributed by atoms with Gasteiger partial charge in [0.05, 0.1) is 5.75 Å². The lowest BCUT2D eigenvalue weighted by atomic mass is 9.98. The largest absolute Gasteiger partial charge is 0.480 e. The molecular formula is C24H28N2O7S. The Labute approximate surface area is 198 Å². The summed E-state index contributed by atoms with van der Waals surface area (Å²) in [5.74, 6) is -2.48. The monoisotopic (exact) mass is 488 g/mol. The molecule has 0 fully saturated rings. The van der Waals surface area contributed by atoms with Crippen molar-refractivity contribution in [3.63, 3.8) is 0 Å². The number of ether oxygens (including phenoxy) is 1. The summed E-state index contributed by atoms with van der Waals surface area (Å²) >= 11 is 0. The predicted octanol–water partition coefficient (Wildman–Crippen LogP) is 2.26. The van der Waals surface area contributed by atoms with Gasteiger partial charge in [-0.1, -0.05) is 48.5 Å². The molecule has 182 valence electrons. The predicted molar refractivity (Wildman–Crippen MR) is 126 cm³/mol. The maximum absolute atomic E-state index is 12.8. The molecule has 3 rings (SSSR count). The topological polar surface area (TPSA) is 130 Å². The van der Waals surface area contributed by atoms with Gasteiger partial charge >= 0.3 is 12.1 Å². The minimum atomic E-state index is -3.42. The molecule has 0 bridgehead atoms. The van der Waals surface area contributed by atoms with Crippen LogP contribution in [0.15, 0.2) is 48.5 Å². The van der Waals surface area contributed by atoms with Crippen molar-refractivity contribution in [1.82, 2.24) is 10.2 Å². The first kappa shape index (κ1) is 25.2. The summed E-state index contributed by atoms with van der Waals surface area (Å²) in [5.41, 5.74) is 4.18. The van der Waals surface area contributed by atoms with Crippen LogP contribution < -0.4 is 5.32 Å². The number of amides is 2. The number of rotatable bonds is 9. The van der Waals surface area contributed by atoms with Crippen LogP contribution in [-0.2, 0) is 24.2 Å². The van der Waals surface area contributed by atoms with Crippen molar-refractivity contribution in [3.8, 4) is 11.1 Å². The van der Waals surface area contributed by atoms with E-state index in [1.807, 2.05) is 48.5 Å². The maximum Gasteiger partial charge on any atom is 0.407 e. The van der Waals surface area contributed by atoms with E-state index >= 15 is 0 Å². The summed E-state index contributed by atoms with van der Waals surface area (Å²) in [4.78, 5) is 37.7. The number of carboxylic acids is 1. The van der Waals surface area contributed by atoms with Crippen LogP contribution in [0.25, 0.3) is 11.1 Å². The zero-order valence-electron chi connectivity index (χ0n) is 19.2. The van der Waals surface area contributed by atoms with Crippen LogP contribution in [0.5, 0.6) is 0 Å². The third-order valence-corrected chi connectivity index (χ3v) is 6.97. The Balaban J connectivity index is 1.72. The number of carboxylic acid groups (broad SMARTS) is 1. The zero-order chi connectivity index (χ0) is 25.0. The number of fused-ring (bicyclic) bond motifs is 3. The van der Waals surface area contributed by atoms with Gasteiger partial charge in [-0.25, -0.2) is 18.0 Å². The maximum atomic E-state index is 12.8. The smallest absolute Gasteiger partial charge is 0.407 e. The standard InChI is InChI=1S/C24H28N2O7S/c1-15(23(28)29)26(2)22(27)21(12-13-34(3,31)32)25-24(30)33-14-20-18-10-6-4-8-16(18)17-9-5-7-11-19(17)20/h4-11,15,20-21H,12-14H2,1-3H3,(H,25,30)(H,28,29). The quantitative estimate of drug-likeness (QED) is 0.554. The van der Waals surface area contributed by atoms with Crippen LogP contribution in [0.4, 0.5) is 4.79 Å². The second kappa shape index (κ2) is 10.3. The van der Waals surface area contributed by atoms with E-state index in [4.69, 9.17) is 4.74 Å². The lowest BCUT2D eigenvalue weighted by Crippen LogP contribution is -2.52. The summed E-state index contributed by atoms with van der Waals surface area (Å²) < 4.78 is 28.7. The first-order valence-electron chi connectivity index (χ1n) is 10.8. The second-order valence-corrected chi connectivity index (χ2v) is 10.7. The summed E-state index contributed by atoms with van der Waals surface area (Å²) in [6.45, 7) is 1.34. The molecule has 1 aliphatic carbocycles. The third kappa shape index (κ3) is 5.74. The van der Waals surface area contributed by atoms with Gasteiger partial charge in [0.2, 0.25) is 5.91 Å². The molecule has 0 heterocycles. The van der Waals surface area contributed by atoms with Gasteiger partial charge in [0.1, 0.15) is 28.5 Å². The molecule has 0 saturated carbocycles. The number of sulfone groups is 1. The van der Waals surface area contributed by atoms with Gasteiger partial charge in [0, 0.05) is 19.2 Å². The molecule has 34 heavy (non-hydrogen) atoms. The molecule has 9 nitrogen and oxygen atoms in total. The number of carbonyl (C=O) groups excluding carboxylic acids is 2. The van der Waals surface area contributed by atoms with Crippen molar-refractivity contribution in [3.05, 3.63) is 59.7 Å². The molecule has 2 atom stereocenters. The van der Waals surface area contributed by atoms with Crippen molar-refractivity contribution in [2.45, 2.75) is 31.3 Å².